The Morgan fingerprint density at radius 2 is 1.92 bits per heavy atom. The van der Waals surface area contributed by atoms with E-state index in [9.17, 15) is 4.79 Å². The molecule has 4 nitrogen and oxygen atoms in total. The lowest BCUT2D eigenvalue weighted by molar-refractivity contribution is -0.121. The van der Waals surface area contributed by atoms with E-state index in [2.05, 4.69) is 37.2 Å². The second-order valence-electron chi connectivity index (χ2n) is 7.18. The van der Waals surface area contributed by atoms with Crippen LogP contribution in [-0.2, 0) is 4.79 Å². The van der Waals surface area contributed by atoms with Crippen molar-refractivity contribution < 1.29 is 4.79 Å². The van der Waals surface area contributed by atoms with Gasteiger partial charge in [0.2, 0.25) is 5.91 Å². The van der Waals surface area contributed by atoms with Gasteiger partial charge >= 0.3 is 0 Å². The van der Waals surface area contributed by atoms with E-state index in [1.807, 2.05) is 18.2 Å². The number of anilines is 2. The van der Waals surface area contributed by atoms with Crippen molar-refractivity contribution >= 4 is 42.1 Å². The molecule has 2 bridgehead atoms. The van der Waals surface area contributed by atoms with Crippen LogP contribution >= 0.6 is 24.8 Å². The van der Waals surface area contributed by atoms with Crippen molar-refractivity contribution in [3.05, 3.63) is 24.3 Å². The zero-order chi connectivity index (χ0) is 15.9. The fourth-order valence-electron chi connectivity index (χ4n) is 4.05. The third-order valence-corrected chi connectivity index (χ3v) is 5.58. The molecule has 0 heterocycles. The third kappa shape index (κ3) is 3.98. The number of amides is 1. The van der Waals surface area contributed by atoms with Crippen LogP contribution in [0.2, 0.25) is 0 Å². The normalized spacial score (nSPS) is 27.4. The molecule has 2 fully saturated rings. The summed E-state index contributed by atoms with van der Waals surface area (Å²) in [5.74, 6) is 1.13. The van der Waals surface area contributed by atoms with Crippen LogP contribution in [0.3, 0.4) is 0 Å². The molecule has 0 aromatic heterocycles. The Labute approximate surface area is 157 Å². The van der Waals surface area contributed by atoms with Crippen molar-refractivity contribution in [2.45, 2.75) is 45.2 Å². The van der Waals surface area contributed by atoms with E-state index in [0.717, 1.165) is 24.2 Å². The molecule has 3 rings (SSSR count). The van der Waals surface area contributed by atoms with Gasteiger partial charge in [-0.15, -0.1) is 24.8 Å². The monoisotopic (exact) mass is 373 g/mol. The van der Waals surface area contributed by atoms with Crippen LogP contribution in [0.25, 0.3) is 0 Å². The van der Waals surface area contributed by atoms with Crippen molar-refractivity contribution in [1.29, 1.82) is 0 Å². The molecule has 4 atom stereocenters. The van der Waals surface area contributed by atoms with Gasteiger partial charge in [-0.3, -0.25) is 4.79 Å². The lowest BCUT2D eigenvalue weighted by atomic mass is 9.84. The largest absolute Gasteiger partial charge is 0.372 e. The zero-order valence-corrected chi connectivity index (χ0v) is 16.2. The lowest BCUT2D eigenvalue weighted by Gasteiger charge is -2.27. The van der Waals surface area contributed by atoms with Gasteiger partial charge < -0.3 is 16.0 Å². The Bertz CT molecular complexity index is 565. The van der Waals surface area contributed by atoms with Crippen LogP contribution in [0.15, 0.2) is 24.3 Å². The number of benzene rings is 1. The number of halogens is 2. The molecular formula is C18H29Cl2N3O. The maximum absolute atomic E-state index is 12.6. The summed E-state index contributed by atoms with van der Waals surface area (Å²) in [7, 11) is 2.07. The molecule has 24 heavy (non-hydrogen) atoms. The highest BCUT2D eigenvalue weighted by molar-refractivity contribution is 5.94. The summed E-state index contributed by atoms with van der Waals surface area (Å²) in [5.41, 5.74) is 8.25. The van der Waals surface area contributed by atoms with Gasteiger partial charge in [0.1, 0.15) is 0 Å². The molecule has 1 amide bonds. The molecule has 6 heteroatoms. The number of fused-ring (bicyclic) bond motifs is 2. The minimum absolute atomic E-state index is 0. The number of nitrogens with two attached hydrogens (primary N) is 1. The molecule has 4 unspecified atom stereocenters. The van der Waals surface area contributed by atoms with Gasteiger partial charge in [0.25, 0.3) is 0 Å². The van der Waals surface area contributed by atoms with E-state index in [1.54, 1.807) is 0 Å². The first-order valence-corrected chi connectivity index (χ1v) is 8.36. The van der Waals surface area contributed by atoms with E-state index >= 15 is 0 Å². The van der Waals surface area contributed by atoms with Crippen LogP contribution < -0.4 is 16.0 Å². The average Bonchev–Trinajstić information content (AvgIpc) is 3.07. The highest BCUT2D eigenvalue weighted by atomic mass is 35.5. The van der Waals surface area contributed by atoms with E-state index < -0.39 is 0 Å². The molecule has 0 spiro atoms. The predicted molar refractivity (Wildman–Crippen MR) is 105 cm³/mol. The zero-order valence-electron chi connectivity index (χ0n) is 14.6. The number of rotatable bonds is 4. The Morgan fingerprint density at radius 1 is 1.25 bits per heavy atom. The number of hydrogen-bond acceptors (Lipinski definition) is 3. The predicted octanol–water partition coefficient (Wildman–Crippen LogP) is 3.69. The molecule has 0 saturated heterocycles. The summed E-state index contributed by atoms with van der Waals surface area (Å²) in [6.07, 6.45) is 3.49. The first-order valence-electron chi connectivity index (χ1n) is 8.36. The highest BCUT2D eigenvalue weighted by Crippen LogP contribution is 2.47. The first kappa shape index (κ1) is 21.1. The van der Waals surface area contributed by atoms with Gasteiger partial charge in [-0.2, -0.15) is 0 Å². The van der Waals surface area contributed by atoms with Crippen molar-refractivity contribution in [3.63, 3.8) is 0 Å². The Kier molecular flexibility index (Phi) is 7.39. The molecular weight excluding hydrogens is 345 g/mol. The van der Waals surface area contributed by atoms with Crippen LogP contribution in [0.5, 0.6) is 0 Å². The van der Waals surface area contributed by atoms with Crippen LogP contribution in [0.4, 0.5) is 11.4 Å². The van der Waals surface area contributed by atoms with Gasteiger partial charge in [-0.05, 0) is 63.1 Å². The molecule has 0 aliphatic heterocycles. The van der Waals surface area contributed by atoms with E-state index in [-0.39, 0.29) is 42.7 Å². The summed E-state index contributed by atoms with van der Waals surface area (Å²) >= 11 is 0. The number of carbonyl (C=O) groups is 1. The standard InChI is InChI=1S/C18H27N3O.2ClH/c1-11(2)21(3)15-6-4-5-14(10-15)20-18(22)16-12-7-8-13(9-12)17(16)19;;/h4-6,10-13,16-17H,7-9,19H2,1-3H3,(H,20,22);2*1H. The molecule has 2 saturated carbocycles. The van der Waals surface area contributed by atoms with Gasteiger partial charge in [-0.1, -0.05) is 6.07 Å². The molecule has 2 aliphatic rings. The molecule has 1 aromatic carbocycles. The number of nitrogens with one attached hydrogen (secondary N) is 1. The van der Waals surface area contributed by atoms with Crippen LogP contribution in [0.1, 0.15) is 33.1 Å². The summed E-state index contributed by atoms with van der Waals surface area (Å²) in [6.45, 7) is 4.30. The smallest absolute Gasteiger partial charge is 0.229 e. The van der Waals surface area contributed by atoms with Crippen LogP contribution in [0, 0.1) is 17.8 Å². The van der Waals surface area contributed by atoms with E-state index in [0.29, 0.717) is 17.9 Å². The van der Waals surface area contributed by atoms with Crippen molar-refractivity contribution in [2.75, 3.05) is 17.3 Å². The minimum atomic E-state index is -0.00904. The summed E-state index contributed by atoms with van der Waals surface area (Å²) in [4.78, 5) is 14.8. The molecule has 0 radical (unpaired) electrons. The van der Waals surface area contributed by atoms with E-state index in [1.165, 1.54) is 6.42 Å². The fraction of sp³-hybridized carbons (Fsp3) is 0.611. The summed E-state index contributed by atoms with van der Waals surface area (Å²) in [6, 6.07) is 8.51. The second kappa shape index (κ2) is 8.41. The SMILES string of the molecule is CC(C)N(C)c1cccc(NC(=O)C2C3CCC(C3)C2N)c1.Cl.Cl. The van der Waals surface area contributed by atoms with Crippen molar-refractivity contribution in [1.82, 2.24) is 0 Å². The van der Waals surface area contributed by atoms with Gasteiger partial charge in [0.15, 0.2) is 0 Å². The Balaban J connectivity index is 0.00000144. The number of nitrogens with zero attached hydrogens (tertiary/aromatic N) is 1. The Hall–Kier alpha value is -0.970. The lowest BCUT2D eigenvalue weighted by Crippen LogP contribution is -2.42. The molecule has 2 aliphatic carbocycles. The second-order valence-corrected chi connectivity index (χ2v) is 7.18. The third-order valence-electron chi connectivity index (χ3n) is 5.58. The average molecular weight is 374 g/mol. The first-order chi connectivity index (χ1) is 10.5. The topological polar surface area (TPSA) is 58.4 Å². The summed E-state index contributed by atoms with van der Waals surface area (Å²) < 4.78 is 0. The molecule has 3 N–H and O–H groups in total. The highest BCUT2D eigenvalue weighted by Gasteiger charge is 2.49. The summed E-state index contributed by atoms with van der Waals surface area (Å²) in [5, 5.41) is 3.09. The maximum Gasteiger partial charge on any atom is 0.229 e. The minimum Gasteiger partial charge on any atom is -0.372 e. The van der Waals surface area contributed by atoms with E-state index in [4.69, 9.17) is 5.73 Å². The Morgan fingerprint density at radius 3 is 2.50 bits per heavy atom. The van der Waals surface area contributed by atoms with Gasteiger partial charge in [-0.25, -0.2) is 0 Å². The fourth-order valence-corrected chi connectivity index (χ4v) is 4.05. The maximum atomic E-state index is 12.6. The van der Waals surface area contributed by atoms with Crippen molar-refractivity contribution in [2.24, 2.45) is 23.5 Å². The van der Waals surface area contributed by atoms with Gasteiger partial charge in [0.05, 0.1) is 5.92 Å². The number of hydrogen-bond donors (Lipinski definition) is 2. The number of carbonyl (C=O) groups excluding carboxylic acids is 1. The van der Waals surface area contributed by atoms with Gasteiger partial charge in [0, 0.05) is 30.5 Å². The molecule has 1 aromatic rings. The van der Waals surface area contributed by atoms with Crippen LogP contribution in [-0.4, -0.2) is 25.0 Å². The molecule has 136 valence electrons. The van der Waals surface area contributed by atoms with Crippen molar-refractivity contribution in [3.8, 4) is 0 Å². The quantitative estimate of drug-likeness (QED) is 0.845.